The highest BCUT2D eigenvalue weighted by molar-refractivity contribution is 6.34. The second kappa shape index (κ2) is 6.40. The van der Waals surface area contributed by atoms with E-state index in [2.05, 4.69) is 6.92 Å². The number of likely N-dealkylation sites (tertiary alicyclic amines) is 1. The Morgan fingerprint density at radius 2 is 1.58 bits per heavy atom. The van der Waals surface area contributed by atoms with Gasteiger partial charge in [0.2, 0.25) is 0 Å². The zero-order valence-corrected chi connectivity index (χ0v) is 12.2. The Hall–Kier alpha value is -1.06. The van der Waals surface area contributed by atoms with Crippen molar-refractivity contribution < 1.29 is 9.59 Å². The molecule has 0 spiro atoms. The molecule has 0 radical (unpaired) electrons. The van der Waals surface area contributed by atoms with Crippen LogP contribution in [-0.4, -0.2) is 47.8 Å². The van der Waals surface area contributed by atoms with Crippen molar-refractivity contribution in [3.63, 3.8) is 0 Å². The van der Waals surface area contributed by atoms with E-state index in [1.54, 1.807) is 16.8 Å². The van der Waals surface area contributed by atoms with E-state index in [1.165, 1.54) is 19.3 Å². The Kier molecular flexibility index (Phi) is 4.83. The largest absolute Gasteiger partial charge is 0.335 e. The standard InChI is InChI=1S/C15H26N2O2/c1-12-8-10-17(11-9-12)15(19)14(18)16(2)13-6-4-3-5-7-13/h12-13H,3-11H2,1-2H3. The summed E-state index contributed by atoms with van der Waals surface area (Å²) in [6.07, 6.45) is 7.75. The molecule has 19 heavy (non-hydrogen) atoms. The molecule has 0 aromatic heterocycles. The van der Waals surface area contributed by atoms with Gasteiger partial charge in [-0.25, -0.2) is 0 Å². The predicted octanol–water partition coefficient (Wildman–Crippen LogP) is 2.04. The first-order chi connectivity index (χ1) is 9.09. The average Bonchev–Trinajstić information content (AvgIpc) is 2.46. The molecule has 1 aliphatic carbocycles. The molecule has 1 aliphatic heterocycles. The molecule has 108 valence electrons. The molecule has 0 unspecified atom stereocenters. The number of carbonyl (C=O) groups is 2. The topological polar surface area (TPSA) is 40.6 Å². The van der Waals surface area contributed by atoms with Crippen LogP contribution in [0.5, 0.6) is 0 Å². The van der Waals surface area contributed by atoms with Crippen molar-refractivity contribution in [1.82, 2.24) is 9.80 Å². The number of likely N-dealkylation sites (N-methyl/N-ethyl adjacent to an activating group) is 1. The fraction of sp³-hybridized carbons (Fsp3) is 0.867. The molecular weight excluding hydrogens is 240 g/mol. The molecule has 1 saturated carbocycles. The van der Waals surface area contributed by atoms with E-state index in [9.17, 15) is 9.59 Å². The third-order valence-electron chi connectivity index (χ3n) is 4.70. The lowest BCUT2D eigenvalue weighted by molar-refractivity contribution is -0.153. The summed E-state index contributed by atoms with van der Waals surface area (Å²) in [7, 11) is 1.79. The molecule has 2 aliphatic rings. The summed E-state index contributed by atoms with van der Waals surface area (Å²) in [6.45, 7) is 3.69. The molecular formula is C15H26N2O2. The minimum absolute atomic E-state index is 0.272. The van der Waals surface area contributed by atoms with E-state index in [0.717, 1.165) is 38.8 Å². The molecule has 0 atom stereocenters. The van der Waals surface area contributed by atoms with E-state index in [4.69, 9.17) is 0 Å². The number of rotatable bonds is 1. The molecule has 0 aromatic rings. The van der Waals surface area contributed by atoms with Crippen LogP contribution in [0.25, 0.3) is 0 Å². The molecule has 4 nitrogen and oxygen atoms in total. The zero-order chi connectivity index (χ0) is 13.8. The SMILES string of the molecule is CC1CCN(C(=O)C(=O)N(C)C2CCCCC2)CC1. The van der Waals surface area contributed by atoms with Gasteiger partial charge in [0.15, 0.2) is 0 Å². The highest BCUT2D eigenvalue weighted by Crippen LogP contribution is 2.22. The van der Waals surface area contributed by atoms with Gasteiger partial charge in [0.1, 0.15) is 0 Å². The number of amides is 2. The van der Waals surface area contributed by atoms with Crippen LogP contribution in [0.1, 0.15) is 51.9 Å². The maximum atomic E-state index is 12.3. The minimum atomic E-state index is -0.304. The van der Waals surface area contributed by atoms with Crippen LogP contribution >= 0.6 is 0 Å². The first kappa shape index (κ1) is 14.4. The summed E-state index contributed by atoms with van der Waals surface area (Å²) in [4.78, 5) is 27.9. The van der Waals surface area contributed by atoms with Crippen molar-refractivity contribution in [3.8, 4) is 0 Å². The fourth-order valence-electron chi connectivity index (χ4n) is 3.13. The highest BCUT2D eigenvalue weighted by Gasteiger charge is 2.31. The normalized spacial score (nSPS) is 22.3. The Morgan fingerprint density at radius 3 is 2.16 bits per heavy atom. The molecule has 2 fully saturated rings. The molecule has 1 saturated heterocycles. The van der Waals surface area contributed by atoms with Gasteiger partial charge in [0.05, 0.1) is 0 Å². The summed E-state index contributed by atoms with van der Waals surface area (Å²) < 4.78 is 0. The fourth-order valence-corrected chi connectivity index (χ4v) is 3.13. The molecule has 0 bridgehead atoms. The van der Waals surface area contributed by atoms with Crippen molar-refractivity contribution >= 4 is 11.8 Å². The molecule has 0 N–H and O–H groups in total. The van der Waals surface area contributed by atoms with Crippen molar-refractivity contribution in [2.24, 2.45) is 5.92 Å². The van der Waals surface area contributed by atoms with Gasteiger partial charge in [-0.3, -0.25) is 9.59 Å². The first-order valence-electron chi connectivity index (χ1n) is 7.65. The van der Waals surface area contributed by atoms with Gasteiger partial charge in [-0.15, -0.1) is 0 Å². The van der Waals surface area contributed by atoms with Crippen LogP contribution in [0.15, 0.2) is 0 Å². The number of carbonyl (C=O) groups excluding carboxylic acids is 2. The van der Waals surface area contributed by atoms with Crippen LogP contribution < -0.4 is 0 Å². The monoisotopic (exact) mass is 266 g/mol. The van der Waals surface area contributed by atoms with E-state index in [1.807, 2.05) is 0 Å². The zero-order valence-electron chi connectivity index (χ0n) is 12.2. The van der Waals surface area contributed by atoms with Crippen molar-refractivity contribution in [2.45, 2.75) is 57.9 Å². The lowest BCUT2D eigenvalue weighted by Crippen LogP contribution is -2.49. The van der Waals surface area contributed by atoms with Crippen LogP contribution in [0.2, 0.25) is 0 Å². The third-order valence-corrected chi connectivity index (χ3v) is 4.70. The molecule has 2 rings (SSSR count). The molecule has 0 aromatic carbocycles. The third kappa shape index (κ3) is 3.48. The van der Waals surface area contributed by atoms with E-state index < -0.39 is 0 Å². The summed E-state index contributed by atoms with van der Waals surface area (Å²) in [5, 5.41) is 0. The van der Waals surface area contributed by atoms with Gasteiger partial charge in [0, 0.05) is 26.2 Å². The predicted molar refractivity (Wildman–Crippen MR) is 74.6 cm³/mol. The minimum Gasteiger partial charge on any atom is -0.335 e. The smallest absolute Gasteiger partial charge is 0.312 e. The van der Waals surface area contributed by atoms with E-state index >= 15 is 0 Å². The Labute approximate surface area is 116 Å². The quantitative estimate of drug-likeness (QED) is 0.681. The van der Waals surface area contributed by atoms with Crippen LogP contribution in [0.4, 0.5) is 0 Å². The maximum Gasteiger partial charge on any atom is 0.312 e. The lowest BCUT2D eigenvalue weighted by atomic mass is 9.94. The average molecular weight is 266 g/mol. The maximum absolute atomic E-state index is 12.3. The summed E-state index contributed by atoms with van der Waals surface area (Å²) >= 11 is 0. The Balaban J connectivity index is 1.89. The van der Waals surface area contributed by atoms with Crippen LogP contribution in [-0.2, 0) is 9.59 Å². The molecule has 1 heterocycles. The summed E-state index contributed by atoms with van der Waals surface area (Å²) in [5.41, 5.74) is 0. The number of hydrogen-bond acceptors (Lipinski definition) is 2. The number of piperidine rings is 1. The lowest BCUT2D eigenvalue weighted by Gasteiger charge is -2.34. The van der Waals surface area contributed by atoms with Gasteiger partial charge in [-0.1, -0.05) is 26.2 Å². The van der Waals surface area contributed by atoms with E-state index in [-0.39, 0.29) is 17.9 Å². The molecule has 4 heteroatoms. The van der Waals surface area contributed by atoms with E-state index in [0.29, 0.717) is 5.92 Å². The van der Waals surface area contributed by atoms with Gasteiger partial charge >= 0.3 is 11.8 Å². The van der Waals surface area contributed by atoms with Crippen LogP contribution in [0.3, 0.4) is 0 Å². The summed E-state index contributed by atoms with van der Waals surface area (Å²) in [5.74, 6) is 0.0802. The second-order valence-electron chi connectivity index (χ2n) is 6.18. The Bertz CT molecular complexity index is 329. The van der Waals surface area contributed by atoms with Gasteiger partial charge in [0.25, 0.3) is 0 Å². The first-order valence-corrected chi connectivity index (χ1v) is 7.65. The van der Waals surface area contributed by atoms with Gasteiger partial charge in [-0.05, 0) is 31.6 Å². The highest BCUT2D eigenvalue weighted by atomic mass is 16.2. The van der Waals surface area contributed by atoms with Crippen LogP contribution in [0, 0.1) is 5.92 Å². The molecule has 2 amide bonds. The second-order valence-corrected chi connectivity index (χ2v) is 6.18. The number of hydrogen-bond donors (Lipinski definition) is 0. The van der Waals surface area contributed by atoms with Crippen molar-refractivity contribution in [1.29, 1.82) is 0 Å². The van der Waals surface area contributed by atoms with Gasteiger partial charge in [-0.2, -0.15) is 0 Å². The Morgan fingerprint density at radius 1 is 1.00 bits per heavy atom. The van der Waals surface area contributed by atoms with Crippen molar-refractivity contribution in [3.05, 3.63) is 0 Å². The van der Waals surface area contributed by atoms with Gasteiger partial charge < -0.3 is 9.80 Å². The van der Waals surface area contributed by atoms with Crippen molar-refractivity contribution in [2.75, 3.05) is 20.1 Å². The summed E-state index contributed by atoms with van der Waals surface area (Å²) in [6, 6.07) is 0.272. The number of nitrogens with zero attached hydrogens (tertiary/aromatic N) is 2.